The summed E-state index contributed by atoms with van der Waals surface area (Å²) >= 11 is 0. The number of rotatable bonds is 19. The number of aryl methyl sites for hydroxylation is 5. The molecule has 0 radical (unpaired) electrons. The number of benzene rings is 3. The van der Waals surface area contributed by atoms with E-state index in [1.165, 1.54) is 5.57 Å². The van der Waals surface area contributed by atoms with Gasteiger partial charge in [0.05, 0.1) is 68.7 Å². The van der Waals surface area contributed by atoms with Gasteiger partial charge in [0.2, 0.25) is 0 Å². The van der Waals surface area contributed by atoms with E-state index in [0.29, 0.717) is 17.8 Å². The number of pyridine rings is 3. The fourth-order valence-corrected chi connectivity index (χ4v) is 18.2. The number of ether oxygens (including phenoxy) is 4. The number of imidazole rings is 3. The number of Topliss-reactive ketones (excluding diaryl/α,β-unsaturated/α-hetero) is 1. The van der Waals surface area contributed by atoms with Gasteiger partial charge >= 0.3 is 0 Å². The third kappa shape index (κ3) is 16.8. The number of amides is 1. The smallest absolute Gasteiger partial charge is 0.269 e. The number of methoxy groups -OCH3 is 3. The minimum atomic E-state index is -0.193. The van der Waals surface area contributed by atoms with E-state index in [2.05, 4.69) is 181 Å². The molecule has 13 heterocycles. The summed E-state index contributed by atoms with van der Waals surface area (Å²) in [6, 6.07) is 32.4. The zero-order chi connectivity index (χ0) is 86.1. The van der Waals surface area contributed by atoms with E-state index in [4.69, 9.17) is 53.8 Å². The van der Waals surface area contributed by atoms with Crippen molar-refractivity contribution >= 4 is 69.9 Å². The van der Waals surface area contributed by atoms with Crippen LogP contribution in [-0.2, 0) is 40.2 Å². The Morgan fingerprint density at radius 2 is 0.823 bits per heavy atom. The summed E-state index contributed by atoms with van der Waals surface area (Å²) in [6.45, 7) is 27.9. The molecule has 19 rings (SSSR count). The van der Waals surface area contributed by atoms with Crippen LogP contribution in [0.5, 0.6) is 17.2 Å². The number of ketones is 1. The lowest BCUT2D eigenvalue weighted by Gasteiger charge is -2.39. The number of carbonyl (C=O) groups excluding carboxylic acids is 2. The van der Waals surface area contributed by atoms with Crippen molar-refractivity contribution in [3.8, 4) is 51.0 Å². The molecular weight excluding hydrogens is 1550 g/mol. The van der Waals surface area contributed by atoms with Crippen molar-refractivity contribution in [1.29, 1.82) is 0 Å². The number of piperidine rings is 3. The molecule has 12 aromatic rings. The number of allylic oxidation sites excluding steroid dienone is 3. The van der Waals surface area contributed by atoms with Crippen LogP contribution in [0, 0.1) is 34.6 Å². The van der Waals surface area contributed by atoms with Crippen LogP contribution >= 0.6 is 0 Å². The van der Waals surface area contributed by atoms with Crippen LogP contribution in [-0.4, -0.2) is 180 Å². The summed E-state index contributed by atoms with van der Waals surface area (Å²) in [5.74, 6) is 9.63. The fraction of sp³-hybridized carbons (Fsp3) is 0.367. The first-order valence-corrected chi connectivity index (χ1v) is 43.1. The maximum absolute atomic E-state index is 12.0. The standard InChI is InChI=1S/C34H39N7O2.C33H36N6O2.C31H33N7O2/c1-22-17-24(5-7-29(22)42-4)31-23(2)38-33(39-31)34(3)9-11-41(12-10-34)32-27-18-26(19-28(27)36-21-37-32)25-6-8-30(35-20-25)40-13-15-43-16-14-40;1-6-28(40)26-9-7-23(18-34-26)24-16-25-27(17-24)35-19-36-31(25)39-13-11-33(4,12-14-39)32-37-21(3)30(38-32)22-8-10-29(41-5)20(2)15-22;1-19-27(20-6-5-7-23(14-20)40-4)37-30(36-19)31(2)10-12-38(13-11-31)28-24-15-22(16-26(24)34-18-35-28)21-8-9-25(33-17-21)29(39)32-3/h5-8,17-18,20-21H,9-16,19H2,1-4H3,(H,38,39);7-10,15-16,18-19H,6,11-14,17H2,1-5H3,(H,37,38);5-9,14-15,17-18H,10-13,16H2,1-4H3,(H,32,39)(H,36,37). The van der Waals surface area contributed by atoms with E-state index >= 15 is 0 Å². The third-order valence-corrected chi connectivity index (χ3v) is 26.2. The lowest BCUT2D eigenvalue weighted by molar-refractivity contribution is 0.0956. The topological polar surface area (TPSA) is 298 Å². The number of carbonyl (C=O) groups is 2. The number of aromatic amines is 3. The second-order valence-electron chi connectivity index (χ2n) is 34.4. The van der Waals surface area contributed by atoms with Crippen molar-refractivity contribution in [2.75, 3.05) is 114 Å². The fourth-order valence-electron chi connectivity index (χ4n) is 18.2. The summed E-state index contributed by atoms with van der Waals surface area (Å²) in [6.07, 6.45) is 25.8. The van der Waals surface area contributed by atoms with Gasteiger partial charge in [-0.05, 0) is 209 Å². The first kappa shape index (κ1) is 83.2. The average Bonchev–Trinajstić information content (AvgIpc) is 1.61. The maximum Gasteiger partial charge on any atom is 0.269 e. The summed E-state index contributed by atoms with van der Waals surface area (Å²) in [7, 11) is 6.70. The van der Waals surface area contributed by atoms with Gasteiger partial charge in [0.1, 0.15) is 88.4 Å². The monoisotopic (exact) mass is 1660 g/mol. The predicted molar refractivity (Wildman–Crippen MR) is 486 cm³/mol. The highest BCUT2D eigenvalue weighted by Crippen LogP contribution is 2.46. The number of nitrogens with one attached hydrogen (secondary N) is 4. The normalized spacial score (nSPS) is 16.6. The van der Waals surface area contributed by atoms with Crippen molar-refractivity contribution in [2.24, 2.45) is 0 Å². The van der Waals surface area contributed by atoms with Crippen molar-refractivity contribution < 1.29 is 28.5 Å². The second kappa shape index (κ2) is 35.0. The molecule has 0 bridgehead atoms. The molecule has 9 aromatic heterocycles. The van der Waals surface area contributed by atoms with Gasteiger partial charge in [-0.25, -0.2) is 49.8 Å². The van der Waals surface area contributed by atoms with E-state index < -0.39 is 0 Å². The van der Waals surface area contributed by atoms with Gasteiger partial charge in [0.15, 0.2) is 5.78 Å². The second-order valence-corrected chi connectivity index (χ2v) is 34.4. The van der Waals surface area contributed by atoms with Gasteiger partial charge < -0.3 is 58.8 Å². The van der Waals surface area contributed by atoms with Crippen LogP contribution in [0.25, 0.3) is 68.7 Å². The van der Waals surface area contributed by atoms with E-state index in [0.717, 1.165) is 305 Å². The molecule has 3 aliphatic carbocycles. The summed E-state index contributed by atoms with van der Waals surface area (Å²) in [4.78, 5) is 101. The Bertz CT molecular complexity index is 6070. The zero-order valence-electron chi connectivity index (χ0n) is 73.2. The minimum absolute atomic E-state index is 0.0356. The number of hydrogen-bond donors (Lipinski definition) is 4. The number of hydrogen-bond acceptors (Lipinski definition) is 22. The molecule has 0 atom stereocenters. The molecule has 4 saturated heterocycles. The number of H-pyrrole nitrogens is 3. The Hall–Kier alpha value is -13.1. The molecule has 636 valence electrons. The molecule has 0 spiro atoms. The molecular formula is C98H108N20O6. The Balaban J connectivity index is 0.000000132. The Morgan fingerprint density at radius 3 is 1.18 bits per heavy atom. The molecule has 4 N–H and O–H groups in total. The van der Waals surface area contributed by atoms with Crippen molar-refractivity contribution in [2.45, 2.75) is 143 Å². The first-order chi connectivity index (χ1) is 60.1. The summed E-state index contributed by atoms with van der Waals surface area (Å²) in [5, 5.41) is 2.61. The highest BCUT2D eigenvalue weighted by atomic mass is 16.5. The van der Waals surface area contributed by atoms with E-state index in [9.17, 15) is 9.59 Å². The predicted octanol–water partition coefficient (Wildman–Crippen LogP) is 16.1. The minimum Gasteiger partial charge on any atom is -0.497 e. The lowest BCUT2D eigenvalue weighted by atomic mass is 9.79. The molecule has 26 heteroatoms. The van der Waals surface area contributed by atoms with Gasteiger partial charge in [0, 0.05) is 170 Å². The molecule has 124 heavy (non-hydrogen) atoms. The van der Waals surface area contributed by atoms with Gasteiger partial charge in [-0.1, -0.05) is 52.0 Å². The first-order valence-electron chi connectivity index (χ1n) is 43.1. The SMILES string of the molecule is CCC(=O)c1ccc(C2=Cc3c(ncnc3N3CCC(C)(c4nc(-c5ccc(OC)c(C)c5)c(C)[nH]4)CC3)C2)cn1.CNC(=O)c1ccc(C2=Cc3c(ncnc3N3CCC(C)(c4nc(-c5cccc(OC)c5)c(C)[nH]4)CC3)C2)cn1.COc1ccc(-c2nc(C3(C)CCN(c4ncnc5c4C=C(c4ccc(N6CCOCC6)nc4)C5)CC3)[nH]c2C)cc1C. The van der Waals surface area contributed by atoms with Crippen LogP contribution < -0.4 is 39.1 Å². The summed E-state index contributed by atoms with van der Waals surface area (Å²) in [5.41, 5.74) is 25.6. The molecule has 4 fully saturated rings. The van der Waals surface area contributed by atoms with Gasteiger partial charge in [-0.15, -0.1) is 0 Å². The third-order valence-electron chi connectivity index (χ3n) is 26.2. The van der Waals surface area contributed by atoms with Gasteiger partial charge in [-0.2, -0.15) is 0 Å². The lowest BCUT2D eigenvalue weighted by Crippen LogP contribution is -2.42. The van der Waals surface area contributed by atoms with Crippen LogP contribution in [0.15, 0.2) is 135 Å². The number of anilines is 4. The Morgan fingerprint density at radius 1 is 0.435 bits per heavy atom. The largest absolute Gasteiger partial charge is 0.497 e. The molecule has 4 aliphatic heterocycles. The van der Waals surface area contributed by atoms with Crippen molar-refractivity contribution in [1.82, 2.24) is 80.1 Å². The van der Waals surface area contributed by atoms with Crippen LogP contribution in [0.1, 0.15) is 190 Å². The molecule has 3 aromatic carbocycles. The van der Waals surface area contributed by atoms with Gasteiger partial charge in [-0.3, -0.25) is 19.6 Å². The molecule has 26 nitrogen and oxygen atoms in total. The number of morpholine rings is 1. The molecule has 0 unspecified atom stereocenters. The van der Waals surface area contributed by atoms with Crippen LogP contribution in [0.4, 0.5) is 23.3 Å². The highest BCUT2D eigenvalue weighted by molar-refractivity contribution is 5.96. The Labute approximate surface area is 724 Å². The van der Waals surface area contributed by atoms with Gasteiger partial charge in [0.25, 0.3) is 5.91 Å². The average molecular weight is 1660 g/mol. The maximum atomic E-state index is 12.0. The molecule has 1 amide bonds. The Kier molecular flexibility index (Phi) is 23.5. The molecule has 7 aliphatic rings. The number of aromatic nitrogens is 15. The van der Waals surface area contributed by atoms with E-state index in [-0.39, 0.29) is 27.9 Å². The van der Waals surface area contributed by atoms with E-state index in [1.54, 1.807) is 65.8 Å². The number of fused-ring (bicyclic) bond motifs is 3. The van der Waals surface area contributed by atoms with Crippen molar-refractivity contribution in [3.63, 3.8) is 0 Å². The quantitative estimate of drug-likeness (QED) is 0.0547. The molecule has 0 saturated carbocycles. The van der Waals surface area contributed by atoms with Crippen LogP contribution in [0.2, 0.25) is 0 Å². The zero-order valence-corrected chi connectivity index (χ0v) is 73.2. The van der Waals surface area contributed by atoms with Crippen LogP contribution in [0.3, 0.4) is 0 Å². The number of nitrogens with zero attached hydrogens (tertiary/aromatic N) is 16. The van der Waals surface area contributed by atoms with Crippen molar-refractivity contribution in [3.05, 3.63) is 242 Å². The summed E-state index contributed by atoms with van der Waals surface area (Å²) < 4.78 is 21.8. The highest BCUT2D eigenvalue weighted by Gasteiger charge is 2.41. The van der Waals surface area contributed by atoms with E-state index in [1.807, 2.05) is 61.7 Å².